The van der Waals surface area contributed by atoms with E-state index in [1.807, 2.05) is 6.08 Å². The lowest BCUT2D eigenvalue weighted by Crippen LogP contribution is -2.02. The Kier molecular flexibility index (Phi) is 4.14. The van der Waals surface area contributed by atoms with Gasteiger partial charge in [0, 0.05) is 5.56 Å². The zero-order chi connectivity index (χ0) is 15.7. The highest BCUT2D eigenvalue weighted by atomic mass is 19.2. The van der Waals surface area contributed by atoms with Gasteiger partial charge in [-0.15, -0.1) is 0 Å². The molecule has 0 radical (unpaired) electrons. The fourth-order valence-electron chi connectivity index (χ4n) is 3.15. The van der Waals surface area contributed by atoms with E-state index in [2.05, 4.69) is 19.1 Å². The van der Waals surface area contributed by atoms with E-state index in [1.165, 1.54) is 11.6 Å². The zero-order valence-corrected chi connectivity index (χ0v) is 13.0. The minimum Gasteiger partial charge on any atom is -0.491 e. The van der Waals surface area contributed by atoms with Crippen molar-refractivity contribution in [3.05, 3.63) is 58.7 Å². The summed E-state index contributed by atoms with van der Waals surface area (Å²) in [6.07, 6.45) is 9.14. The summed E-state index contributed by atoms with van der Waals surface area (Å²) in [6.45, 7) is 4.24. The van der Waals surface area contributed by atoms with Gasteiger partial charge in [0.15, 0.2) is 11.6 Å². The van der Waals surface area contributed by atoms with Gasteiger partial charge in [0.05, 0.1) is 6.61 Å². The minimum atomic E-state index is -0.896. The first-order valence-corrected chi connectivity index (χ1v) is 7.86. The first kappa shape index (κ1) is 15.0. The van der Waals surface area contributed by atoms with E-state index < -0.39 is 11.6 Å². The van der Waals surface area contributed by atoms with Crippen molar-refractivity contribution in [3.63, 3.8) is 0 Å². The number of halogens is 2. The highest BCUT2D eigenvalue weighted by molar-refractivity contribution is 5.76. The molecule has 0 spiro atoms. The second kappa shape index (κ2) is 6.07. The molecule has 3 heteroatoms. The normalized spacial score (nSPS) is 20.2. The van der Waals surface area contributed by atoms with Crippen LogP contribution < -0.4 is 4.74 Å². The topological polar surface area (TPSA) is 9.23 Å². The van der Waals surface area contributed by atoms with Gasteiger partial charge in [-0.1, -0.05) is 30.7 Å². The van der Waals surface area contributed by atoms with Crippen molar-refractivity contribution < 1.29 is 13.5 Å². The predicted molar refractivity (Wildman–Crippen MR) is 84.7 cm³/mol. The van der Waals surface area contributed by atoms with E-state index in [-0.39, 0.29) is 5.75 Å². The molecule has 0 bridgehead atoms. The molecule has 1 atom stereocenters. The first-order chi connectivity index (χ1) is 10.6. The average molecular weight is 302 g/mol. The van der Waals surface area contributed by atoms with Gasteiger partial charge in [-0.3, -0.25) is 0 Å². The maximum Gasteiger partial charge on any atom is 0.201 e. The third kappa shape index (κ3) is 2.60. The standard InChI is InChI=1S/C19H20F2O/c1-3-12-5-6-13-10-15(11-14(13)9-12)16-7-8-17(22-4-2)19(21)18(16)20/h5-8,10,12H,3-4,9,11H2,1-2H3. The minimum absolute atomic E-state index is 0.0222. The fraction of sp³-hybridized carbons (Fsp3) is 0.368. The molecule has 1 aromatic rings. The Morgan fingerprint density at radius 1 is 1.18 bits per heavy atom. The molecule has 0 saturated carbocycles. The van der Waals surface area contributed by atoms with Gasteiger partial charge in [0.1, 0.15) is 0 Å². The Morgan fingerprint density at radius 2 is 2.00 bits per heavy atom. The molecule has 0 N–H and O–H groups in total. The van der Waals surface area contributed by atoms with Gasteiger partial charge in [0.2, 0.25) is 5.82 Å². The van der Waals surface area contributed by atoms with Crippen molar-refractivity contribution in [3.8, 4) is 5.75 Å². The zero-order valence-electron chi connectivity index (χ0n) is 13.0. The van der Waals surface area contributed by atoms with Crippen LogP contribution in [0.3, 0.4) is 0 Å². The fourth-order valence-corrected chi connectivity index (χ4v) is 3.15. The van der Waals surface area contributed by atoms with Crippen LogP contribution in [-0.4, -0.2) is 6.61 Å². The van der Waals surface area contributed by atoms with Gasteiger partial charge in [-0.25, -0.2) is 4.39 Å². The van der Waals surface area contributed by atoms with Crippen molar-refractivity contribution in [2.45, 2.75) is 33.1 Å². The van der Waals surface area contributed by atoms with Crippen molar-refractivity contribution in [2.24, 2.45) is 5.92 Å². The Hall–Kier alpha value is -1.90. The molecule has 2 aliphatic rings. The molecule has 1 nitrogen and oxygen atoms in total. The smallest absolute Gasteiger partial charge is 0.201 e. The molecule has 0 saturated heterocycles. The Morgan fingerprint density at radius 3 is 2.73 bits per heavy atom. The highest BCUT2D eigenvalue weighted by Gasteiger charge is 2.24. The summed E-state index contributed by atoms with van der Waals surface area (Å²) in [6, 6.07) is 3.13. The summed E-state index contributed by atoms with van der Waals surface area (Å²) in [7, 11) is 0. The van der Waals surface area contributed by atoms with Crippen LogP contribution >= 0.6 is 0 Å². The Labute approximate surface area is 130 Å². The van der Waals surface area contributed by atoms with Gasteiger partial charge in [-0.05, 0) is 55.4 Å². The van der Waals surface area contributed by atoms with Crippen LogP contribution in [0.1, 0.15) is 38.7 Å². The van der Waals surface area contributed by atoms with E-state index in [0.717, 1.165) is 24.0 Å². The summed E-state index contributed by atoms with van der Waals surface area (Å²) in [5.74, 6) is -1.17. The maximum atomic E-state index is 14.3. The number of hydrogen-bond donors (Lipinski definition) is 0. The van der Waals surface area contributed by atoms with E-state index in [1.54, 1.807) is 13.0 Å². The lowest BCUT2D eigenvalue weighted by Gasteiger charge is -2.17. The number of allylic oxidation sites excluding steroid dienone is 6. The molecule has 1 unspecified atom stereocenters. The Bertz CT molecular complexity index is 683. The molecule has 0 heterocycles. The number of benzene rings is 1. The summed E-state index contributed by atoms with van der Waals surface area (Å²) in [5.41, 5.74) is 3.69. The van der Waals surface area contributed by atoms with Crippen LogP contribution in [0.5, 0.6) is 5.75 Å². The quantitative estimate of drug-likeness (QED) is 0.720. The summed E-state index contributed by atoms with van der Waals surface area (Å²) >= 11 is 0. The second-order valence-electron chi connectivity index (χ2n) is 5.81. The first-order valence-electron chi connectivity index (χ1n) is 7.86. The van der Waals surface area contributed by atoms with Crippen molar-refractivity contribution in [1.29, 1.82) is 0 Å². The summed E-state index contributed by atoms with van der Waals surface area (Å²) in [4.78, 5) is 0. The molecular formula is C19H20F2O. The molecule has 2 aliphatic carbocycles. The Balaban J connectivity index is 1.86. The van der Waals surface area contributed by atoms with Gasteiger partial charge in [0.25, 0.3) is 0 Å². The largest absolute Gasteiger partial charge is 0.491 e. The van der Waals surface area contributed by atoms with Crippen LogP contribution in [0.15, 0.2) is 41.5 Å². The number of rotatable bonds is 4. The number of ether oxygens (including phenoxy) is 1. The van der Waals surface area contributed by atoms with Crippen molar-refractivity contribution in [2.75, 3.05) is 6.61 Å². The van der Waals surface area contributed by atoms with E-state index >= 15 is 0 Å². The van der Waals surface area contributed by atoms with E-state index in [9.17, 15) is 8.78 Å². The highest BCUT2D eigenvalue weighted by Crippen LogP contribution is 2.41. The van der Waals surface area contributed by atoms with Gasteiger partial charge >= 0.3 is 0 Å². The van der Waals surface area contributed by atoms with E-state index in [4.69, 9.17) is 4.74 Å². The van der Waals surface area contributed by atoms with Crippen LogP contribution in [0, 0.1) is 17.6 Å². The predicted octanol–water partition coefficient (Wildman–Crippen LogP) is 5.43. The van der Waals surface area contributed by atoms with Crippen LogP contribution in [0.4, 0.5) is 8.78 Å². The van der Waals surface area contributed by atoms with Crippen molar-refractivity contribution in [1.82, 2.24) is 0 Å². The van der Waals surface area contributed by atoms with Crippen LogP contribution in [0.2, 0.25) is 0 Å². The third-order valence-corrected chi connectivity index (χ3v) is 4.42. The monoisotopic (exact) mass is 302 g/mol. The van der Waals surface area contributed by atoms with Gasteiger partial charge < -0.3 is 4.74 Å². The molecule has 1 aromatic carbocycles. The second-order valence-corrected chi connectivity index (χ2v) is 5.81. The summed E-state index contributed by atoms with van der Waals surface area (Å²) < 4.78 is 33.5. The average Bonchev–Trinajstić information content (AvgIpc) is 2.94. The lowest BCUT2D eigenvalue weighted by atomic mass is 9.88. The molecule has 0 aliphatic heterocycles. The lowest BCUT2D eigenvalue weighted by molar-refractivity contribution is 0.314. The van der Waals surface area contributed by atoms with Crippen LogP contribution in [0.25, 0.3) is 5.57 Å². The SMILES string of the molecule is CCOc1ccc(C2=CC3=C(C2)CC(CC)C=C3)c(F)c1F. The van der Waals surface area contributed by atoms with Gasteiger partial charge in [-0.2, -0.15) is 4.39 Å². The number of hydrogen-bond acceptors (Lipinski definition) is 1. The van der Waals surface area contributed by atoms with E-state index in [0.29, 0.717) is 24.5 Å². The summed E-state index contributed by atoms with van der Waals surface area (Å²) in [5, 5.41) is 0. The molecule has 116 valence electrons. The maximum absolute atomic E-state index is 14.3. The molecule has 0 amide bonds. The molecule has 0 fully saturated rings. The molecule has 22 heavy (non-hydrogen) atoms. The third-order valence-electron chi connectivity index (χ3n) is 4.42. The van der Waals surface area contributed by atoms with Crippen molar-refractivity contribution >= 4 is 5.57 Å². The molecule has 0 aromatic heterocycles. The molecular weight excluding hydrogens is 282 g/mol. The molecule has 3 rings (SSSR count). The van der Waals surface area contributed by atoms with Crippen LogP contribution in [-0.2, 0) is 0 Å².